The van der Waals surface area contributed by atoms with Crippen molar-refractivity contribution >= 4 is 11.6 Å². The van der Waals surface area contributed by atoms with Crippen LogP contribution in [0.15, 0.2) is 48.5 Å². The van der Waals surface area contributed by atoms with Crippen LogP contribution in [-0.4, -0.2) is 11.9 Å². The van der Waals surface area contributed by atoms with Gasteiger partial charge in [-0.05, 0) is 42.8 Å². The molecule has 0 amide bonds. The summed E-state index contributed by atoms with van der Waals surface area (Å²) in [5, 5.41) is 4.46. The van der Waals surface area contributed by atoms with Crippen LogP contribution in [0.1, 0.15) is 23.6 Å². The molecule has 0 saturated carbocycles. The molecule has 2 nitrogen and oxygen atoms in total. The summed E-state index contributed by atoms with van der Waals surface area (Å²) < 4.78 is 0. The summed E-state index contributed by atoms with van der Waals surface area (Å²) >= 11 is 6.00. The molecule has 3 heteroatoms. The maximum absolute atomic E-state index is 6.00. The van der Waals surface area contributed by atoms with Gasteiger partial charge in [-0.1, -0.05) is 48.0 Å². The molecule has 0 aromatic heterocycles. The van der Waals surface area contributed by atoms with Crippen LogP contribution in [0, 0.1) is 0 Å². The summed E-state index contributed by atoms with van der Waals surface area (Å²) in [5.41, 5.74) is 3.80. The zero-order valence-electron chi connectivity index (χ0n) is 11.9. The lowest BCUT2D eigenvalue weighted by atomic mass is 10.00. The molecule has 1 aliphatic rings. The summed E-state index contributed by atoms with van der Waals surface area (Å²) in [6.07, 6.45) is 0. The van der Waals surface area contributed by atoms with E-state index < -0.39 is 0 Å². The van der Waals surface area contributed by atoms with E-state index in [2.05, 4.69) is 60.6 Å². The summed E-state index contributed by atoms with van der Waals surface area (Å²) in [7, 11) is 2.16. The summed E-state index contributed by atoms with van der Waals surface area (Å²) in [6.45, 7) is 4.03. The SMILES string of the molecule is CN1Cc2ccccc2CNC1(C)c1ccc(Cl)cc1. The van der Waals surface area contributed by atoms with Gasteiger partial charge in [-0.3, -0.25) is 10.2 Å². The number of benzene rings is 2. The van der Waals surface area contributed by atoms with E-state index >= 15 is 0 Å². The second kappa shape index (κ2) is 5.21. The predicted molar refractivity (Wildman–Crippen MR) is 83.6 cm³/mol. The van der Waals surface area contributed by atoms with Crippen LogP contribution < -0.4 is 5.32 Å². The number of nitrogens with zero attached hydrogens (tertiary/aromatic N) is 1. The number of rotatable bonds is 1. The van der Waals surface area contributed by atoms with E-state index in [0.29, 0.717) is 0 Å². The average molecular weight is 287 g/mol. The Kier molecular flexibility index (Phi) is 3.55. The number of hydrogen-bond donors (Lipinski definition) is 1. The fourth-order valence-electron chi connectivity index (χ4n) is 2.80. The summed E-state index contributed by atoms with van der Waals surface area (Å²) in [4.78, 5) is 2.35. The van der Waals surface area contributed by atoms with E-state index in [1.807, 2.05) is 12.1 Å². The molecule has 0 spiro atoms. The lowest BCUT2D eigenvalue weighted by Gasteiger charge is -2.38. The van der Waals surface area contributed by atoms with Gasteiger partial charge in [0.1, 0.15) is 0 Å². The van der Waals surface area contributed by atoms with Crippen LogP contribution in [0.2, 0.25) is 5.02 Å². The number of nitrogens with one attached hydrogen (secondary N) is 1. The number of hydrogen-bond acceptors (Lipinski definition) is 2. The Morgan fingerprint density at radius 1 is 1.05 bits per heavy atom. The largest absolute Gasteiger partial charge is 0.291 e. The molecule has 0 radical (unpaired) electrons. The van der Waals surface area contributed by atoms with Gasteiger partial charge in [0.15, 0.2) is 0 Å². The maximum atomic E-state index is 6.00. The van der Waals surface area contributed by atoms with E-state index in [1.54, 1.807) is 0 Å². The van der Waals surface area contributed by atoms with Crippen molar-refractivity contribution in [1.29, 1.82) is 0 Å². The lowest BCUT2D eigenvalue weighted by Crippen LogP contribution is -2.50. The van der Waals surface area contributed by atoms with Crippen molar-refractivity contribution in [2.75, 3.05) is 7.05 Å². The normalized spacial score (nSPS) is 23.1. The van der Waals surface area contributed by atoms with Crippen molar-refractivity contribution in [1.82, 2.24) is 10.2 Å². The van der Waals surface area contributed by atoms with Crippen LogP contribution in [0.5, 0.6) is 0 Å². The van der Waals surface area contributed by atoms with Crippen molar-refractivity contribution in [2.24, 2.45) is 0 Å². The zero-order valence-corrected chi connectivity index (χ0v) is 12.6. The van der Waals surface area contributed by atoms with Crippen molar-refractivity contribution in [3.63, 3.8) is 0 Å². The molecule has 1 N–H and O–H groups in total. The van der Waals surface area contributed by atoms with Crippen LogP contribution in [0.25, 0.3) is 0 Å². The molecule has 3 rings (SSSR count). The topological polar surface area (TPSA) is 15.3 Å². The quantitative estimate of drug-likeness (QED) is 0.859. The molecule has 1 heterocycles. The highest BCUT2D eigenvalue weighted by atomic mass is 35.5. The first-order valence-electron chi connectivity index (χ1n) is 6.89. The van der Waals surface area contributed by atoms with Crippen LogP contribution in [0.4, 0.5) is 0 Å². The highest BCUT2D eigenvalue weighted by Crippen LogP contribution is 2.30. The summed E-state index contributed by atoms with van der Waals surface area (Å²) in [5.74, 6) is 0. The predicted octanol–water partition coefficient (Wildman–Crippen LogP) is 3.75. The van der Waals surface area contributed by atoms with Gasteiger partial charge in [-0.15, -0.1) is 0 Å². The Balaban J connectivity index is 1.97. The molecule has 1 aliphatic heterocycles. The van der Waals surface area contributed by atoms with Crippen LogP contribution in [0.3, 0.4) is 0 Å². The van der Waals surface area contributed by atoms with Crippen LogP contribution in [-0.2, 0) is 18.8 Å². The van der Waals surface area contributed by atoms with Gasteiger partial charge in [0.25, 0.3) is 0 Å². The molecule has 2 aromatic carbocycles. The van der Waals surface area contributed by atoms with E-state index in [-0.39, 0.29) is 5.66 Å². The van der Waals surface area contributed by atoms with Gasteiger partial charge in [0, 0.05) is 18.1 Å². The highest BCUT2D eigenvalue weighted by molar-refractivity contribution is 6.30. The average Bonchev–Trinajstić information content (AvgIpc) is 2.58. The molecule has 20 heavy (non-hydrogen) atoms. The zero-order chi connectivity index (χ0) is 14.2. The van der Waals surface area contributed by atoms with Gasteiger partial charge < -0.3 is 0 Å². The molecule has 2 aromatic rings. The molecular weight excluding hydrogens is 268 g/mol. The standard InChI is InChI=1S/C17H19ClN2/c1-17(15-7-9-16(18)10-8-15)19-11-13-5-3-4-6-14(13)12-20(17)2/h3-10,19H,11-12H2,1-2H3. The van der Waals surface area contributed by atoms with Gasteiger partial charge in [-0.2, -0.15) is 0 Å². The minimum absolute atomic E-state index is 0.191. The third-order valence-corrected chi connectivity index (χ3v) is 4.57. The fraction of sp³-hybridized carbons (Fsp3) is 0.294. The van der Waals surface area contributed by atoms with E-state index in [1.165, 1.54) is 16.7 Å². The second-order valence-electron chi connectivity index (χ2n) is 5.56. The Bertz CT molecular complexity index is 609. The van der Waals surface area contributed by atoms with Crippen LogP contribution >= 0.6 is 11.6 Å². The molecule has 0 bridgehead atoms. The molecule has 0 fully saturated rings. The Morgan fingerprint density at radius 2 is 1.70 bits per heavy atom. The molecular formula is C17H19ClN2. The third kappa shape index (κ3) is 2.35. The van der Waals surface area contributed by atoms with Gasteiger partial charge in [-0.25, -0.2) is 0 Å². The molecule has 0 saturated heterocycles. The van der Waals surface area contributed by atoms with Gasteiger partial charge in [0.05, 0.1) is 5.66 Å². The van der Waals surface area contributed by atoms with E-state index in [9.17, 15) is 0 Å². The van der Waals surface area contributed by atoms with Gasteiger partial charge in [0.2, 0.25) is 0 Å². The van der Waals surface area contributed by atoms with Crippen molar-refractivity contribution < 1.29 is 0 Å². The molecule has 0 aliphatic carbocycles. The molecule has 1 atom stereocenters. The highest BCUT2D eigenvalue weighted by Gasteiger charge is 2.33. The Labute approximate surface area is 125 Å². The molecule has 1 unspecified atom stereocenters. The fourth-order valence-corrected chi connectivity index (χ4v) is 2.92. The first kappa shape index (κ1) is 13.6. The maximum Gasteiger partial charge on any atom is 0.0949 e. The number of halogens is 1. The lowest BCUT2D eigenvalue weighted by molar-refractivity contribution is 0.0946. The number of fused-ring (bicyclic) bond motifs is 1. The third-order valence-electron chi connectivity index (χ3n) is 4.32. The minimum atomic E-state index is -0.191. The van der Waals surface area contributed by atoms with E-state index in [0.717, 1.165) is 18.1 Å². The first-order valence-corrected chi connectivity index (χ1v) is 7.26. The Hall–Kier alpha value is -1.35. The molecule has 104 valence electrons. The van der Waals surface area contributed by atoms with Crippen molar-refractivity contribution in [3.8, 4) is 0 Å². The van der Waals surface area contributed by atoms with Crippen molar-refractivity contribution in [2.45, 2.75) is 25.7 Å². The van der Waals surface area contributed by atoms with Crippen molar-refractivity contribution in [3.05, 3.63) is 70.2 Å². The first-order chi connectivity index (χ1) is 9.59. The smallest absolute Gasteiger partial charge is 0.0949 e. The Morgan fingerprint density at radius 3 is 2.40 bits per heavy atom. The monoisotopic (exact) mass is 286 g/mol. The van der Waals surface area contributed by atoms with Gasteiger partial charge >= 0.3 is 0 Å². The van der Waals surface area contributed by atoms with E-state index in [4.69, 9.17) is 11.6 Å². The minimum Gasteiger partial charge on any atom is -0.291 e. The second-order valence-corrected chi connectivity index (χ2v) is 5.99. The summed E-state index contributed by atoms with van der Waals surface area (Å²) in [6, 6.07) is 16.7.